The van der Waals surface area contributed by atoms with Gasteiger partial charge in [-0.05, 0) is 25.7 Å². The van der Waals surface area contributed by atoms with E-state index >= 15 is 0 Å². The number of amides is 1. The van der Waals surface area contributed by atoms with Crippen LogP contribution in [0.3, 0.4) is 0 Å². The molecule has 1 rings (SSSR count). The molecule has 0 aromatic rings. The Morgan fingerprint density at radius 2 is 1.94 bits per heavy atom. The van der Waals surface area contributed by atoms with Gasteiger partial charge in [-0.25, -0.2) is 0 Å². The van der Waals surface area contributed by atoms with Crippen LogP contribution in [0.1, 0.15) is 58.8 Å². The van der Waals surface area contributed by atoms with E-state index in [0.29, 0.717) is 10.9 Å². The van der Waals surface area contributed by atoms with Crippen molar-refractivity contribution in [2.24, 2.45) is 5.92 Å². The van der Waals surface area contributed by atoms with Gasteiger partial charge in [0.2, 0.25) is 5.91 Å². The second-order valence-electron chi connectivity index (χ2n) is 4.84. The van der Waals surface area contributed by atoms with Crippen LogP contribution in [0.5, 0.6) is 0 Å². The molecule has 0 aromatic carbocycles. The highest BCUT2D eigenvalue weighted by Crippen LogP contribution is 2.26. The molecule has 0 aromatic heterocycles. The Morgan fingerprint density at radius 3 is 2.38 bits per heavy atom. The first kappa shape index (κ1) is 14.0. The van der Waals surface area contributed by atoms with E-state index in [1.54, 1.807) is 0 Å². The monoisotopic (exact) mass is 289 g/mol. The molecule has 1 N–H and O–H groups in total. The maximum atomic E-state index is 12.1. The smallest absolute Gasteiger partial charge is 0.223 e. The summed E-state index contributed by atoms with van der Waals surface area (Å²) in [7, 11) is 0. The summed E-state index contributed by atoms with van der Waals surface area (Å²) in [6.07, 6.45) is 7.80. The molecule has 1 amide bonds. The molecule has 0 aliphatic heterocycles. The number of hydrogen-bond donors (Lipinski definition) is 1. The number of hydrogen-bond acceptors (Lipinski definition) is 1. The SMILES string of the molecule is CCCC(CCC)C(=O)NC1CCCC1Br. The summed E-state index contributed by atoms with van der Waals surface area (Å²) in [5.74, 6) is 0.510. The summed E-state index contributed by atoms with van der Waals surface area (Å²) in [5, 5.41) is 3.21. The van der Waals surface area contributed by atoms with Gasteiger partial charge < -0.3 is 5.32 Å². The van der Waals surface area contributed by atoms with E-state index in [0.717, 1.165) is 32.1 Å². The van der Waals surface area contributed by atoms with Gasteiger partial charge in [0.25, 0.3) is 0 Å². The maximum absolute atomic E-state index is 12.1. The normalized spacial score (nSPS) is 25.0. The van der Waals surface area contributed by atoms with Crippen LogP contribution in [0, 0.1) is 5.92 Å². The van der Waals surface area contributed by atoms with Crippen molar-refractivity contribution in [1.82, 2.24) is 5.32 Å². The van der Waals surface area contributed by atoms with Crippen LogP contribution >= 0.6 is 15.9 Å². The van der Waals surface area contributed by atoms with Crippen LogP contribution in [0.25, 0.3) is 0 Å². The van der Waals surface area contributed by atoms with Crippen molar-refractivity contribution in [3.63, 3.8) is 0 Å². The lowest BCUT2D eigenvalue weighted by molar-refractivity contribution is -0.126. The van der Waals surface area contributed by atoms with Crippen LogP contribution < -0.4 is 5.32 Å². The van der Waals surface area contributed by atoms with Gasteiger partial charge in [0.05, 0.1) is 0 Å². The minimum atomic E-state index is 0.232. The van der Waals surface area contributed by atoms with Gasteiger partial charge in [-0.2, -0.15) is 0 Å². The summed E-state index contributed by atoms with van der Waals surface area (Å²) in [5.41, 5.74) is 0. The minimum absolute atomic E-state index is 0.232. The zero-order chi connectivity index (χ0) is 12.0. The third-order valence-electron chi connectivity index (χ3n) is 3.40. The predicted octanol–water partition coefficient (Wildman–Crippen LogP) is 3.64. The van der Waals surface area contributed by atoms with Crippen LogP contribution in [0.4, 0.5) is 0 Å². The molecule has 0 radical (unpaired) electrons. The van der Waals surface area contributed by atoms with Crippen molar-refractivity contribution in [3.05, 3.63) is 0 Å². The van der Waals surface area contributed by atoms with E-state index in [2.05, 4.69) is 35.1 Å². The Kier molecular flexibility index (Phi) is 6.40. The molecule has 2 atom stereocenters. The maximum Gasteiger partial charge on any atom is 0.223 e. The molecule has 0 heterocycles. The first-order chi connectivity index (χ1) is 7.69. The lowest BCUT2D eigenvalue weighted by Crippen LogP contribution is -2.41. The van der Waals surface area contributed by atoms with E-state index in [4.69, 9.17) is 0 Å². The highest BCUT2D eigenvalue weighted by atomic mass is 79.9. The fraction of sp³-hybridized carbons (Fsp3) is 0.923. The molecule has 1 fully saturated rings. The molecular weight excluding hydrogens is 266 g/mol. The summed E-state index contributed by atoms with van der Waals surface area (Å²) in [6.45, 7) is 4.30. The Hall–Kier alpha value is -0.0500. The number of nitrogens with one attached hydrogen (secondary N) is 1. The highest BCUT2D eigenvalue weighted by Gasteiger charge is 2.28. The molecule has 1 saturated carbocycles. The third-order valence-corrected chi connectivity index (χ3v) is 4.50. The number of carbonyl (C=O) groups excluding carboxylic acids is 1. The fourth-order valence-electron chi connectivity index (χ4n) is 2.48. The number of carbonyl (C=O) groups is 1. The number of alkyl halides is 1. The van der Waals surface area contributed by atoms with E-state index in [9.17, 15) is 4.79 Å². The second-order valence-corrected chi connectivity index (χ2v) is 6.01. The largest absolute Gasteiger partial charge is 0.352 e. The molecule has 0 saturated heterocycles. The summed E-state index contributed by atoms with van der Waals surface area (Å²) < 4.78 is 0. The van der Waals surface area contributed by atoms with Gasteiger partial charge in [0.15, 0.2) is 0 Å². The van der Waals surface area contributed by atoms with Gasteiger partial charge in [0.1, 0.15) is 0 Å². The average Bonchev–Trinajstić information content (AvgIpc) is 2.64. The number of rotatable bonds is 6. The first-order valence-electron chi connectivity index (χ1n) is 6.63. The Balaban J connectivity index is 2.41. The van der Waals surface area contributed by atoms with Gasteiger partial charge in [-0.15, -0.1) is 0 Å². The van der Waals surface area contributed by atoms with Gasteiger partial charge in [0, 0.05) is 16.8 Å². The van der Waals surface area contributed by atoms with Crippen molar-refractivity contribution in [3.8, 4) is 0 Å². The lowest BCUT2D eigenvalue weighted by Gasteiger charge is -2.21. The Labute approximate surface area is 108 Å². The summed E-state index contributed by atoms with van der Waals surface area (Å²) in [4.78, 5) is 12.6. The predicted molar refractivity (Wildman–Crippen MR) is 71.8 cm³/mol. The van der Waals surface area contributed by atoms with Gasteiger partial charge in [-0.1, -0.05) is 49.0 Å². The van der Waals surface area contributed by atoms with E-state index in [-0.39, 0.29) is 11.8 Å². The second kappa shape index (κ2) is 7.31. The molecule has 1 aliphatic carbocycles. The molecular formula is C13H24BrNO. The van der Waals surface area contributed by atoms with Crippen LogP contribution in [-0.4, -0.2) is 16.8 Å². The lowest BCUT2D eigenvalue weighted by atomic mass is 9.97. The van der Waals surface area contributed by atoms with Gasteiger partial charge >= 0.3 is 0 Å². The third kappa shape index (κ3) is 4.08. The zero-order valence-corrected chi connectivity index (χ0v) is 12.1. The van der Waals surface area contributed by atoms with Crippen LogP contribution in [0.2, 0.25) is 0 Å². The van der Waals surface area contributed by atoms with Gasteiger partial charge in [-0.3, -0.25) is 4.79 Å². The van der Waals surface area contributed by atoms with E-state index in [1.807, 2.05) is 0 Å². The van der Waals surface area contributed by atoms with Crippen molar-refractivity contribution >= 4 is 21.8 Å². The van der Waals surface area contributed by atoms with Crippen molar-refractivity contribution in [2.45, 2.75) is 69.7 Å². The van der Waals surface area contributed by atoms with E-state index in [1.165, 1.54) is 12.8 Å². The molecule has 16 heavy (non-hydrogen) atoms. The first-order valence-corrected chi connectivity index (χ1v) is 7.55. The van der Waals surface area contributed by atoms with Crippen LogP contribution in [0.15, 0.2) is 0 Å². The highest BCUT2D eigenvalue weighted by molar-refractivity contribution is 9.09. The molecule has 2 nitrogen and oxygen atoms in total. The molecule has 94 valence electrons. The fourth-order valence-corrected chi connectivity index (χ4v) is 3.20. The molecule has 2 unspecified atom stereocenters. The topological polar surface area (TPSA) is 29.1 Å². The van der Waals surface area contributed by atoms with Crippen molar-refractivity contribution in [1.29, 1.82) is 0 Å². The molecule has 1 aliphatic rings. The summed E-state index contributed by atoms with van der Waals surface area (Å²) in [6, 6.07) is 0.365. The van der Waals surface area contributed by atoms with Crippen LogP contribution in [-0.2, 0) is 4.79 Å². The number of halogens is 1. The van der Waals surface area contributed by atoms with Crippen molar-refractivity contribution in [2.75, 3.05) is 0 Å². The molecule has 3 heteroatoms. The minimum Gasteiger partial charge on any atom is -0.352 e. The van der Waals surface area contributed by atoms with Crippen molar-refractivity contribution < 1.29 is 4.79 Å². The standard InChI is InChI=1S/C13H24BrNO/c1-3-6-10(7-4-2)13(16)15-12-9-5-8-11(12)14/h10-12H,3-9H2,1-2H3,(H,15,16). The molecule has 0 spiro atoms. The quantitative estimate of drug-likeness (QED) is 0.744. The summed E-state index contributed by atoms with van der Waals surface area (Å²) >= 11 is 3.65. The Morgan fingerprint density at radius 1 is 1.31 bits per heavy atom. The average molecular weight is 290 g/mol. The Bertz CT molecular complexity index is 214. The zero-order valence-electron chi connectivity index (χ0n) is 10.5. The molecule has 0 bridgehead atoms. The van der Waals surface area contributed by atoms with E-state index < -0.39 is 0 Å².